The van der Waals surface area contributed by atoms with Crippen LogP contribution in [0.2, 0.25) is 5.02 Å². The molecule has 1 aliphatic carbocycles. The minimum atomic E-state index is -0.745. The molecule has 2 rings (SSSR count). The van der Waals surface area contributed by atoms with Gasteiger partial charge in [0.15, 0.2) is 0 Å². The molecule has 0 bridgehead atoms. The number of aryl methyl sites for hydroxylation is 1. The van der Waals surface area contributed by atoms with Gasteiger partial charge in [-0.25, -0.2) is 0 Å². The fourth-order valence-corrected chi connectivity index (χ4v) is 3.06. The third kappa shape index (κ3) is 4.43. The maximum atomic E-state index is 10.8. The zero-order chi connectivity index (χ0) is 15.4. The lowest BCUT2D eigenvalue weighted by atomic mass is 9.85. The normalized spacial score (nSPS) is 21.3. The van der Waals surface area contributed by atoms with E-state index in [1.54, 1.807) is 0 Å². The number of likely N-dealkylation sites (N-methyl/N-ethyl adjacent to an activating group) is 1. The Hall–Kier alpha value is -1.10. The van der Waals surface area contributed by atoms with Crippen molar-refractivity contribution in [2.75, 3.05) is 13.1 Å². The van der Waals surface area contributed by atoms with Gasteiger partial charge in [0, 0.05) is 23.7 Å². The van der Waals surface area contributed by atoms with Crippen LogP contribution in [0.5, 0.6) is 0 Å². The summed E-state index contributed by atoms with van der Waals surface area (Å²) in [6, 6.07) is 6.83. The first-order chi connectivity index (χ1) is 9.99. The summed E-state index contributed by atoms with van der Waals surface area (Å²) in [4.78, 5) is 12.8. The predicted octanol–water partition coefficient (Wildman–Crippen LogP) is 2.68. The molecule has 5 heteroatoms. The Balaban J connectivity index is 1.76. The summed E-state index contributed by atoms with van der Waals surface area (Å²) in [5.74, 6) is -0.745. The van der Waals surface area contributed by atoms with Gasteiger partial charge < -0.3 is 10.4 Å². The van der Waals surface area contributed by atoms with Crippen LogP contribution in [-0.2, 0) is 11.3 Å². The molecule has 1 aromatic carbocycles. The lowest BCUT2D eigenvalue weighted by molar-refractivity contribution is -0.139. The summed E-state index contributed by atoms with van der Waals surface area (Å²) < 4.78 is 0. The standard InChI is InChI=1S/C16H23ClN2O2/c1-3-19(10-16(20)21)15-7-14(8-15)18-9-12-4-5-13(17)6-11(12)2/h4-6,14-15,18H,3,7-10H2,1-2H3,(H,20,21). The van der Waals surface area contributed by atoms with Crippen LogP contribution < -0.4 is 5.32 Å². The summed E-state index contributed by atoms with van der Waals surface area (Å²) in [7, 11) is 0. The van der Waals surface area contributed by atoms with Crippen molar-refractivity contribution < 1.29 is 9.90 Å². The zero-order valence-corrected chi connectivity index (χ0v) is 13.4. The maximum absolute atomic E-state index is 10.8. The van der Waals surface area contributed by atoms with E-state index in [-0.39, 0.29) is 6.54 Å². The minimum absolute atomic E-state index is 0.143. The molecule has 0 atom stereocenters. The summed E-state index contributed by atoms with van der Waals surface area (Å²) >= 11 is 5.96. The number of carbonyl (C=O) groups is 1. The molecule has 0 unspecified atom stereocenters. The van der Waals surface area contributed by atoms with Crippen LogP contribution in [0.1, 0.15) is 30.9 Å². The minimum Gasteiger partial charge on any atom is -0.480 e. The van der Waals surface area contributed by atoms with Crippen molar-refractivity contribution in [3.05, 3.63) is 34.3 Å². The second-order valence-corrected chi connectivity index (χ2v) is 6.17. The third-order valence-corrected chi connectivity index (χ3v) is 4.50. The fourth-order valence-electron chi connectivity index (χ4n) is 2.84. The first kappa shape index (κ1) is 16.3. The molecular formula is C16H23ClN2O2. The van der Waals surface area contributed by atoms with Gasteiger partial charge in [-0.15, -0.1) is 0 Å². The number of benzene rings is 1. The van der Waals surface area contributed by atoms with E-state index in [9.17, 15) is 4.79 Å². The highest BCUT2D eigenvalue weighted by Gasteiger charge is 2.33. The molecule has 2 N–H and O–H groups in total. The van der Waals surface area contributed by atoms with Crippen molar-refractivity contribution in [2.24, 2.45) is 0 Å². The second kappa shape index (κ2) is 7.25. The van der Waals surface area contributed by atoms with Crippen LogP contribution in [0.4, 0.5) is 0 Å². The molecule has 0 saturated heterocycles. The highest BCUT2D eigenvalue weighted by Crippen LogP contribution is 2.26. The molecule has 4 nitrogen and oxygen atoms in total. The van der Waals surface area contributed by atoms with Crippen LogP contribution in [0, 0.1) is 6.92 Å². The highest BCUT2D eigenvalue weighted by molar-refractivity contribution is 6.30. The number of aliphatic carboxylic acids is 1. The first-order valence-electron chi connectivity index (χ1n) is 7.43. The number of halogens is 1. The topological polar surface area (TPSA) is 52.6 Å². The van der Waals surface area contributed by atoms with Gasteiger partial charge in [-0.2, -0.15) is 0 Å². The Kier molecular flexibility index (Phi) is 5.62. The van der Waals surface area contributed by atoms with Gasteiger partial charge in [-0.05, 0) is 49.6 Å². The number of hydrogen-bond donors (Lipinski definition) is 2. The monoisotopic (exact) mass is 310 g/mol. The molecule has 1 aliphatic rings. The van der Waals surface area contributed by atoms with E-state index in [2.05, 4.69) is 18.3 Å². The summed E-state index contributed by atoms with van der Waals surface area (Å²) in [5.41, 5.74) is 2.47. The summed E-state index contributed by atoms with van der Waals surface area (Å²) in [6.07, 6.45) is 2.04. The number of nitrogens with zero attached hydrogens (tertiary/aromatic N) is 1. The Morgan fingerprint density at radius 3 is 2.76 bits per heavy atom. The van der Waals surface area contributed by atoms with Crippen molar-refractivity contribution >= 4 is 17.6 Å². The van der Waals surface area contributed by atoms with Gasteiger partial charge in [-0.1, -0.05) is 24.6 Å². The van der Waals surface area contributed by atoms with Gasteiger partial charge in [-0.3, -0.25) is 9.69 Å². The SMILES string of the molecule is CCN(CC(=O)O)C1CC(NCc2ccc(Cl)cc2C)C1. The van der Waals surface area contributed by atoms with Crippen molar-refractivity contribution in [3.8, 4) is 0 Å². The van der Waals surface area contributed by atoms with Crippen molar-refractivity contribution in [1.29, 1.82) is 0 Å². The van der Waals surface area contributed by atoms with Gasteiger partial charge in [0.05, 0.1) is 6.54 Å². The Bertz CT molecular complexity index is 501. The quantitative estimate of drug-likeness (QED) is 0.813. The molecule has 1 fully saturated rings. The zero-order valence-electron chi connectivity index (χ0n) is 12.6. The Morgan fingerprint density at radius 2 is 2.19 bits per heavy atom. The van der Waals surface area contributed by atoms with E-state index in [1.807, 2.05) is 24.0 Å². The molecule has 1 saturated carbocycles. The molecule has 1 aromatic rings. The van der Waals surface area contributed by atoms with E-state index in [4.69, 9.17) is 16.7 Å². The smallest absolute Gasteiger partial charge is 0.317 e. The molecule has 0 heterocycles. The average Bonchev–Trinajstić information content (AvgIpc) is 2.37. The molecule has 0 aliphatic heterocycles. The Morgan fingerprint density at radius 1 is 1.48 bits per heavy atom. The van der Waals surface area contributed by atoms with E-state index in [0.29, 0.717) is 12.1 Å². The molecule has 21 heavy (non-hydrogen) atoms. The van der Waals surface area contributed by atoms with Crippen LogP contribution >= 0.6 is 11.6 Å². The molecule has 0 radical (unpaired) electrons. The van der Waals surface area contributed by atoms with Gasteiger partial charge in [0.2, 0.25) is 0 Å². The van der Waals surface area contributed by atoms with Crippen LogP contribution in [0.3, 0.4) is 0 Å². The number of carboxylic acids is 1. The predicted molar refractivity (Wildman–Crippen MR) is 84.7 cm³/mol. The number of rotatable bonds is 7. The Labute approximate surface area is 131 Å². The number of hydrogen-bond acceptors (Lipinski definition) is 3. The number of carboxylic acid groups (broad SMARTS) is 1. The van der Waals surface area contributed by atoms with Crippen LogP contribution in [-0.4, -0.2) is 41.1 Å². The van der Waals surface area contributed by atoms with E-state index in [1.165, 1.54) is 11.1 Å². The van der Waals surface area contributed by atoms with Crippen LogP contribution in [0.25, 0.3) is 0 Å². The largest absolute Gasteiger partial charge is 0.480 e. The lowest BCUT2D eigenvalue weighted by Crippen LogP contribution is -2.53. The van der Waals surface area contributed by atoms with Gasteiger partial charge in [0.1, 0.15) is 0 Å². The number of nitrogens with one attached hydrogen (secondary N) is 1. The molecular weight excluding hydrogens is 288 g/mol. The van der Waals surface area contributed by atoms with E-state index < -0.39 is 5.97 Å². The molecule has 0 spiro atoms. The van der Waals surface area contributed by atoms with Crippen molar-refractivity contribution in [3.63, 3.8) is 0 Å². The first-order valence-corrected chi connectivity index (χ1v) is 7.81. The third-order valence-electron chi connectivity index (χ3n) is 4.26. The lowest BCUT2D eigenvalue weighted by Gasteiger charge is -2.42. The molecule has 0 amide bonds. The maximum Gasteiger partial charge on any atom is 0.317 e. The van der Waals surface area contributed by atoms with Crippen molar-refractivity contribution in [2.45, 2.75) is 45.3 Å². The average molecular weight is 311 g/mol. The van der Waals surface area contributed by atoms with Crippen molar-refractivity contribution in [1.82, 2.24) is 10.2 Å². The van der Waals surface area contributed by atoms with Gasteiger partial charge >= 0.3 is 5.97 Å². The second-order valence-electron chi connectivity index (χ2n) is 5.73. The summed E-state index contributed by atoms with van der Waals surface area (Å²) in [6.45, 7) is 5.86. The summed E-state index contributed by atoms with van der Waals surface area (Å²) in [5, 5.41) is 13.2. The van der Waals surface area contributed by atoms with Crippen LogP contribution in [0.15, 0.2) is 18.2 Å². The van der Waals surface area contributed by atoms with Gasteiger partial charge in [0.25, 0.3) is 0 Å². The fraction of sp³-hybridized carbons (Fsp3) is 0.562. The van der Waals surface area contributed by atoms with E-state index in [0.717, 1.165) is 31.0 Å². The highest BCUT2D eigenvalue weighted by atomic mass is 35.5. The molecule has 116 valence electrons. The molecule has 0 aromatic heterocycles. The van der Waals surface area contributed by atoms with E-state index >= 15 is 0 Å².